The zero-order valence-corrected chi connectivity index (χ0v) is 24.2. The molecule has 0 N–H and O–H groups in total. The molecule has 6 aromatic rings. The maximum atomic E-state index is 6.49. The molecule has 0 fully saturated rings. The van der Waals surface area contributed by atoms with Crippen molar-refractivity contribution in [2.75, 3.05) is 0 Å². The lowest BCUT2D eigenvalue weighted by molar-refractivity contribution is 0.442. The van der Waals surface area contributed by atoms with E-state index in [0.29, 0.717) is 20.1 Å². The Labute approximate surface area is 253 Å². The minimum absolute atomic E-state index is 0.687. The molecule has 0 bridgehead atoms. The number of hydrogen-bond acceptors (Lipinski definition) is 0. The van der Waals surface area contributed by atoms with Crippen molar-refractivity contribution in [3.8, 4) is 0 Å². The van der Waals surface area contributed by atoms with E-state index < -0.39 is 10.8 Å². The summed E-state index contributed by atoms with van der Waals surface area (Å²) < 4.78 is 0. The van der Waals surface area contributed by atoms with Crippen molar-refractivity contribution in [3.63, 3.8) is 0 Å². The molecule has 40 heavy (non-hydrogen) atoms. The minimum atomic E-state index is -0.701. The van der Waals surface area contributed by atoms with Gasteiger partial charge in [0.05, 0.1) is 10.8 Å². The van der Waals surface area contributed by atoms with E-state index in [1.54, 1.807) is 0 Å². The first-order valence-corrected chi connectivity index (χ1v) is 14.5. The van der Waals surface area contributed by atoms with Crippen LogP contribution < -0.4 is 0 Å². The van der Waals surface area contributed by atoms with Gasteiger partial charge >= 0.3 is 0 Å². The Kier molecular flexibility index (Phi) is 6.22. The van der Waals surface area contributed by atoms with E-state index in [9.17, 15) is 0 Å². The van der Waals surface area contributed by atoms with Crippen LogP contribution in [0.15, 0.2) is 133 Å². The van der Waals surface area contributed by atoms with Gasteiger partial charge < -0.3 is 0 Å². The van der Waals surface area contributed by atoms with Gasteiger partial charge in [-0.2, -0.15) is 0 Å². The summed E-state index contributed by atoms with van der Waals surface area (Å²) >= 11 is 26.0. The maximum Gasteiger partial charge on any atom is 0.0635 e. The highest BCUT2D eigenvalue weighted by molar-refractivity contribution is 6.31. The third kappa shape index (κ3) is 3.54. The summed E-state index contributed by atoms with van der Waals surface area (Å²) in [5, 5.41) is 5.17. The molecule has 0 atom stereocenters. The summed E-state index contributed by atoms with van der Waals surface area (Å²) in [6, 6.07) is 46.3. The lowest BCUT2D eigenvalue weighted by Crippen LogP contribution is -2.49. The van der Waals surface area contributed by atoms with Crippen LogP contribution in [0.4, 0.5) is 0 Å². The van der Waals surface area contributed by atoms with Gasteiger partial charge in [0, 0.05) is 20.1 Å². The molecule has 0 aromatic heterocycles. The fourth-order valence-electron chi connectivity index (χ4n) is 6.99. The fraction of sp³-hybridized carbons (Fsp3) is 0.0556. The van der Waals surface area contributed by atoms with Gasteiger partial charge in [0.15, 0.2) is 0 Å². The monoisotopic (exact) mass is 594 g/mol. The van der Waals surface area contributed by atoms with Crippen LogP contribution in [0, 0.1) is 0 Å². The molecular formula is C36H22Cl4. The highest BCUT2D eigenvalue weighted by Crippen LogP contribution is 2.66. The van der Waals surface area contributed by atoms with Gasteiger partial charge in [-0.05, 0) is 92.7 Å². The van der Waals surface area contributed by atoms with Crippen LogP contribution in [0.25, 0.3) is 10.8 Å². The Hall–Kier alpha value is -3.26. The first-order chi connectivity index (χ1) is 19.5. The zero-order valence-electron chi connectivity index (χ0n) is 21.2. The molecule has 0 spiro atoms. The van der Waals surface area contributed by atoms with Gasteiger partial charge in [0.2, 0.25) is 0 Å². The molecule has 194 valence electrons. The second-order valence-electron chi connectivity index (χ2n) is 10.2. The highest BCUT2D eigenvalue weighted by atomic mass is 35.5. The molecule has 0 saturated carbocycles. The molecule has 0 unspecified atom stereocenters. The van der Waals surface area contributed by atoms with Crippen molar-refractivity contribution < 1.29 is 0 Å². The van der Waals surface area contributed by atoms with E-state index in [4.69, 9.17) is 46.4 Å². The van der Waals surface area contributed by atoms with Gasteiger partial charge in [-0.1, -0.05) is 131 Å². The van der Waals surface area contributed by atoms with Crippen molar-refractivity contribution in [1.82, 2.24) is 0 Å². The Balaban J connectivity index is 1.78. The molecule has 4 heteroatoms. The average molecular weight is 596 g/mol. The standard InChI is InChI=1S/C36H22Cl4/c37-28-15-7-24(8-16-28)35(25-9-17-29(38)18-10-25)32-5-1-3-23-4-2-6-33(34(23)32)36(35,26-11-19-30(39)20-12-26)27-13-21-31(40)22-14-27/h1-22H. The molecule has 7 rings (SSSR count). The maximum absolute atomic E-state index is 6.49. The zero-order chi connectivity index (χ0) is 27.5. The number of hydrogen-bond donors (Lipinski definition) is 0. The topological polar surface area (TPSA) is 0 Å². The van der Waals surface area contributed by atoms with Gasteiger partial charge in [-0.3, -0.25) is 0 Å². The summed E-state index contributed by atoms with van der Waals surface area (Å²) in [5.41, 5.74) is 5.51. The van der Waals surface area contributed by atoms with Gasteiger partial charge in [-0.15, -0.1) is 0 Å². The van der Waals surface area contributed by atoms with Crippen molar-refractivity contribution in [1.29, 1.82) is 0 Å². The van der Waals surface area contributed by atoms with Crippen LogP contribution in [0.2, 0.25) is 20.1 Å². The lowest BCUT2D eigenvalue weighted by atomic mass is 9.50. The van der Waals surface area contributed by atoms with E-state index in [2.05, 4.69) is 84.9 Å². The molecule has 6 aromatic carbocycles. The van der Waals surface area contributed by atoms with E-state index in [1.807, 2.05) is 48.5 Å². The van der Waals surface area contributed by atoms with Crippen LogP contribution in [-0.4, -0.2) is 0 Å². The summed E-state index contributed by atoms with van der Waals surface area (Å²) in [5.74, 6) is 0. The number of rotatable bonds is 4. The molecule has 0 aliphatic heterocycles. The normalized spacial score (nSPS) is 14.9. The van der Waals surface area contributed by atoms with Crippen molar-refractivity contribution >= 4 is 57.2 Å². The molecule has 1 aliphatic carbocycles. The second kappa shape index (κ2) is 9.68. The van der Waals surface area contributed by atoms with Gasteiger partial charge in [0.25, 0.3) is 0 Å². The van der Waals surface area contributed by atoms with Gasteiger partial charge in [-0.25, -0.2) is 0 Å². The van der Waals surface area contributed by atoms with Crippen LogP contribution in [0.5, 0.6) is 0 Å². The van der Waals surface area contributed by atoms with Crippen molar-refractivity contribution in [2.24, 2.45) is 0 Å². The van der Waals surface area contributed by atoms with Crippen LogP contribution >= 0.6 is 46.4 Å². The largest absolute Gasteiger partial charge is 0.0843 e. The first kappa shape index (κ1) is 25.7. The third-order valence-corrected chi connectivity index (χ3v) is 9.39. The van der Waals surface area contributed by atoms with Crippen LogP contribution in [0.1, 0.15) is 33.4 Å². The summed E-state index contributed by atoms with van der Waals surface area (Å²) in [7, 11) is 0. The number of halogens is 4. The predicted molar refractivity (Wildman–Crippen MR) is 170 cm³/mol. The highest BCUT2D eigenvalue weighted by Gasteiger charge is 2.62. The molecule has 0 heterocycles. The molecule has 0 radical (unpaired) electrons. The van der Waals surface area contributed by atoms with Crippen molar-refractivity contribution in [2.45, 2.75) is 10.8 Å². The molecule has 0 amide bonds. The summed E-state index contributed by atoms with van der Waals surface area (Å²) in [6.07, 6.45) is 0. The smallest absolute Gasteiger partial charge is 0.0635 e. The van der Waals surface area contributed by atoms with Crippen LogP contribution in [-0.2, 0) is 10.8 Å². The van der Waals surface area contributed by atoms with E-state index in [1.165, 1.54) is 21.9 Å². The van der Waals surface area contributed by atoms with E-state index in [0.717, 1.165) is 22.3 Å². The Morgan fingerprint density at radius 2 is 0.600 bits per heavy atom. The first-order valence-electron chi connectivity index (χ1n) is 13.0. The third-order valence-electron chi connectivity index (χ3n) is 8.38. The lowest BCUT2D eigenvalue weighted by Gasteiger charge is -2.49. The van der Waals surface area contributed by atoms with Gasteiger partial charge in [0.1, 0.15) is 0 Å². The number of benzene rings is 6. The molecule has 1 aliphatic rings. The Bertz CT molecular complexity index is 1630. The second-order valence-corrected chi connectivity index (χ2v) is 12.0. The van der Waals surface area contributed by atoms with E-state index in [-0.39, 0.29) is 0 Å². The molecular weight excluding hydrogens is 574 g/mol. The van der Waals surface area contributed by atoms with Crippen molar-refractivity contribution in [3.05, 3.63) is 187 Å². The van der Waals surface area contributed by atoms with Crippen LogP contribution in [0.3, 0.4) is 0 Å². The fourth-order valence-corrected chi connectivity index (χ4v) is 7.49. The summed E-state index contributed by atoms with van der Waals surface area (Å²) in [6.45, 7) is 0. The Morgan fingerprint density at radius 1 is 0.325 bits per heavy atom. The molecule has 0 saturated heterocycles. The summed E-state index contributed by atoms with van der Waals surface area (Å²) in [4.78, 5) is 0. The van der Waals surface area contributed by atoms with E-state index >= 15 is 0 Å². The predicted octanol–water partition coefficient (Wildman–Crippen LogP) is 11.1. The Morgan fingerprint density at radius 3 is 0.875 bits per heavy atom. The average Bonchev–Trinajstić information content (AvgIpc) is 3.24. The quantitative estimate of drug-likeness (QED) is 0.190. The minimum Gasteiger partial charge on any atom is -0.0843 e. The SMILES string of the molecule is Clc1ccc(C2(c3ccc(Cl)cc3)c3cccc4cccc(c34)C2(c2ccc(Cl)cc2)c2ccc(Cl)cc2)cc1. The molecule has 0 nitrogen and oxygen atoms in total.